The lowest BCUT2D eigenvalue weighted by atomic mass is 10.1. The van der Waals surface area contributed by atoms with Gasteiger partial charge >= 0.3 is 0 Å². The molecule has 0 unspecified atom stereocenters. The lowest BCUT2D eigenvalue weighted by molar-refractivity contribution is -0.121. The number of rotatable bonds is 6. The topological polar surface area (TPSA) is 61.4 Å². The Balaban J connectivity index is 2.02. The van der Waals surface area contributed by atoms with Gasteiger partial charge in [0.05, 0.1) is 12.1 Å². The first kappa shape index (κ1) is 15.4. The summed E-state index contributed by atoms with van der Waals surface area (Å²) in [6, 6.07) is 7.93. The first-order valence-corrected chi connectivity index (χ1v) is 7.37. The molecule has 1 aliphatic rings. The van der Waals surface area contributed by atoms with Gasteiger partial charge in [-0.2, -0.15) is 0 Å². The molecule has 0 aromatic heterocycles. The largest absolute Gasteiger partial charge is 0.382 e. The number of benzene rings is 1. The molecule has 1 saturated carbocycles. The van der Waals surface area contributed by atoms with E-state index in [1.165, 1.54) is 4.90 Å². The second-order valence-corrected chi connectivity index (χ2v) is 5.85. The lowest BCUT2D eigenvalue weighted by Gasteiger charge is -2.20. The smallest absolute Gasteiger partial charge is 0.256 e. The van der Waals surface area contributed by atoms with E-state index in [2.05, 4.69) is 10.6 Å². The van der Waals surface area contributed by atoms with Crippen LogP contribution in [0.1, 0.15) is 37.0 Å². The number of nitrogens with zero attached hydrogens (tertiary/aromatic N) is 1. The molecule has 1 aliphatic carbocycles. The van der Waals surface area contributed by atoms with E-state index >= 15 is 0 Å². The second-order valence-electron chi connectivity index (χ2n) is 5.85. The summed E-state index contributed by atoms with van der Waals surface area (Å²) < 4.78 is 0. The fourth-order valence-electron chi connectivity index (χ4n) is 2.10. The van der Waals surface area contributed by atoms with Gasteiger partial charge in [0.1, 0.15) is 0 Å². The maximum Gasteiger partial charge on any atom is 0.256 e. The number of para-hydroxylation sites is 1. The third kappa shape index (κ3) is 4.48. The van der Waals surface area contributed by atoms with Crippen LogP contribution >= 0.6 is 0 Å². The molecular formula is C16H23N3O2. The Hall–Kier alpha value is -2.04. The first-order chi connectivity index (χ1) is 9.97. The Morgan fingerprint density at radius 3 is 2.57 bits per heavy atom. The van der Waals surface area contributed by atoms with E-state index in [1.807, 2.05) is 32.0 Å². The zero-order valence-electron chi connectivity index (χ0n) is 12.8. The molecular weight excluding hydrogens is 266 g/mol. The summed E-state index contributed by atoms with van der Waals surface area (Å²) in [6.07, 6.45) is 2.09. The van der Waals surface area contributed by atoms with Gasteiger partial charge in [-0.15, -0.1) is 0 Å². The normalized spacial score (nSPS) is 13.9. The van der Waals surface area contributed by atoms with E-state index in [-0.39, 0.29) is 24.4 Å². The summed E-state index contributed by atoms with van der Waals surface area (Å²) in [5, 5.41) is 6.15. The monoisotopic (exact) mass is 289 g/mol. The number of likely N-dealkylation sites (N-methyl/N-ethyl adjacent to an activating group) is 1. The molecule has 0 bridgehead atoms. The van der Waals surface area contributed by atoms with E-state index < -0.39 is 0 Å². The van der Waals surface area contributed by atoms with Crippen molar-refractivity contribution in [2.45, 2.75) is 38.8 Å². The summed E-state index contributed by atoms with van der Waals surface area (Å²) in [5.74, 6) is -0.243. The summed E-state index contributed by atoms with van der Waals surface area (Å²) in [6.45, 7) is 4.13. The number of amides is 2. The Labute approximate surface area is 125 Å². The standard InChI is InChI=1S/C16H23N3O2/c1-11(2)17-14-7-5-4-6-13(14)16(21)19(3)10-15(20)18-12-8-9-12/h4-7,11-12,17H,8-10H2,1-3H3,(H,18,20). The minimum absolute atomic E-state index is 0.0886. The van der Waals surface area contributed by atoms with Crippen molar-refractivity contribution in [2.24, 2.45) is 0 Å². The van der Waals surface area contributed by atoms with Crippen LogP contribution in [0.5, 0.6) is 0 Å². The van der Waals surface area contributed by atoms with Gasteiger partial charge in [0.25, 0.3) is 5.91 Å². The van der Waals surface area contributed by atoms with Crippen LogP contribution < -0.4 is 10.6 Å². The molecule has 2 rings (SSSR count). The van der Waals surface area contributed by atoms with Crippen molar-refractivity contribution in [3.05, 3.63) is 29.8 Å². The number of anilines is 1. The van der Waals surface area contributed by atoms with Crippen LogP contribution in [-0.4, -0.2) is 42.4 Å². The Kier molecular flexibility index (Phi) is 4.83. The molecule has 0 spiro atoms. The van der Waals surface area contributed by atoms with Crippen molar-refractivity contribution in [3.63, 3.8) is 0 Å². The average Bonchev–Trinajstić information content (AvgIpc) is 3.21. The van der Waals surface area contributed by atoms with Crippen molar-refractivity contribution in [1.82, 2.24) is 10.2 Å². The quantitative estimate of drug-likeness (QED) is 0.840. The highest BCUT2D eigenvalue weighted by molar-refractivity contribution is 6.01. The van der Waals surface area contributed by atoms with Crippen LogP contribution in [-0.2, 0) is 4.79 Å². The summed E-state index contributed by atoms with van der Waals surface area (Å²) in [5.41, 5.74) is 1.39. The van der Waals surface area contributed by atoms with E-state index in [0.29, 0.717) is 11.6 Å². The Bertz CT molecular complexity index is 524. The van der Waals surface area contributed by atoms with Crippen molar-refractivity contribution in [2.75, 3.05) is 18.9 Å². The van der Waals surface area contributed by atoms with Gasteiger partial charge < -0.3 is 15.5 Å². The minimum atomic E-state index is -0.148. The van der Waals surface area contributed by atoms with Gasteiger partial charge in [0.2, 0.25) is 5.91 Å². The fraction of sp³-hybridized carbons (Fsp3) is 0.500. The van der Waals surface area contributed by atoms with Gasteiger partial charge in [0, 0.05) is 24.8 Å². The van der Waals surface area contributed by atoms with E-state index in [4.69, 9.17) is 0 Å². The van der Waals surface area contributed by atoms with Gasteiger partial charge in [-0.3, -0.25) is 9.59 Å². The molecule has 2 N–H and O–H groups in total. The zero-order chi connectivity index (χ0) is 15.4. The molecule has 1 aromatic carbocycles. The Morgan fingerprint density at radius 1 is 1.29 bits per heavy atom. The molecule has 114 valence electrons. The SMILES string of the molecule is CC(C)Nc1ccccc1C(=O)N(C)CC(=O)NC1CC1. The molecule has 0 atom stereocenters. The molecule has 5 heteroatoms. The number of hydrogen-bond donors (Lipinski definition) is 2. The molecule has 0 aliphatic heterocycles. The minimum Gasteiger partial charge on any atom is -0.382 e. The van der Waals surface area contributed by atoms with E-state index in [1.54, 1.807) is 13.1 Å². The van der Waals surface area contributed by atoms with E-state index in [0.717, 1.165) is 18.5 Å². The van der Waals surface area contributed by atoms with Crippen LogP contribution in [0, 0.1) is 0 Å². The third-order valence-corrected chi connectivity index (χ3v) is 3.27. The third-order valence-electron chi connectivity index (χ3n) is 3.27. The molecule has 5 nitrogen and oxygen atoms in total. The van der Waals surface area contributed by atoms with Crippen LogP contribution in [0.3, 0.4) is 0 Å². The summed E-state index contributed by atoms with van der Waals surface area (Å²) in [7, 11) is 1.65. The number of carbonyl (C=O) groups is 2. The highest BCUT2D eigenvalue weighted by Crippen LogP contribution is 2.19. The van der Waals surface area contributed by atoms with Crippen LogP contribution in [0.15, 0.2) is 24.3 Å². The van der Waals surface area contributed by atoms with Crippen molar-refractivity contribution in [3.8, 4) is 0 Å². The van der Waals surface area contributed by atoms with E-state index in [9.17, 15) is 9.59 Å². The highest BCUT2D eigenvalue weighted by atomic mass is 16.2. The first-order valence-electron chi connectivity index (χ1n) is 7.37. The van der Waals surface area contributed by atoms with Crippen molar-refractivity contribution in [1.29, 1.82) is 0 Å². The summed E-state index contributed by atoms with van der Waals surface area (Å²) >= 11 is 0. The number of nitrogens with one attached hydrogen (secondary N) is 2. The molecule has 1 aromatic rings. The molecule has 0 radical (unpaired) electrons. The number of hydrogen-bond acceptors (Lipinski definition) is 3. The molecule has 2 amide bonds. The molecule has 1 fully saturated rings. The van der Waals surface area contributed by atoms with Crippen molar-refractivity contribution >= 4 is 17.5 Å². The fourth-order valence-corrected chi connectivity index (χ4v) is 2.10. The summed E-state index contributed by atoms with van der Waals surface area (Å²) in [4.78, 5) is 25.7. The Morgan fingerprint density at radius 2 is 1.95 bits per heavy atom. The van der Waals surface area contributed by atoms with Gasteiger partial charge in [-0.25, -0.2) is 0 Å². The second kappa shape index (κ2) is 6.61. The van der Waals surface area contributed by atoms with Gasteiger partial charge in [0.15, 0.2) is 0 Å². The maximum atomic E-state index is 12.5. The zero-order valence-corrected chi connectivity index (χ0v) is 12.8. The molecule has 21 heavy (non-hydrogen) atoms. The van der Waals surface area contributed by atoms with Crippen LogP contribution in [0.4, 0.5) is 5.69 Å². The maximum absolute atomic E-state index is 12.5. The highest BCUT2D eigenvalue weighted by Gasteiger charge is 2.25. The number of carbonyl (C=O) groups excluding carboxylic acids is 2. The van der Waals surface area contributed by atoms with Crippen molar-refractivity contribution < 1.29 is 9.59 Å². The van der Waals surface area contributed by atoms with Gasteiger partial charge in [-0.1, -0.05) is 12.1 Å². The predicted molar refractivity (Wildman–Crippen MR) is 83.3 cm³/mol. The molecule has 0 saturated heterocycles. The van der Waals surface area contributed by atoms with Gasteiger partial charge in [-0.05, 0) is 38.8 Å². The average molecular weight is 289 g/mol. The van der Waals surface area contributed by atoms with Crippen LogP contribution in [0.2, 0.25) is 0 Å². The van der Waals surface area contributed by atoms with Crippen LogP contribution in [0.25, 0.3) is 0 Å². The predicted octanol–water partition coefficient (Wildman–Crippen LogP) is 1.86. The lowest BCUT2D eigenvalue weighted by Crippen LogP contribution is -2.39. The molecule has 0 heterocycles.